The van der Waals surface area contributed by atoms with Gasteiger partial charge in [-0.2, -0.15) is 0 Å². The molecule has 0 aromatic rings. The SMILES string of the molecule is CC\C=C/C=C\C=C/C=C\CCCCCC(=O)OC(COC(=O)CCCCCCCCCCCC)COC(=O)CCCCCCCCCCCCCCCCCC. The predicted octanol–water partition coefficient (Wildman–Crippen LogP) is 15.5. The fourth-order valence-corrected chi connectivity index (χ4v) is 6.81. The monoisotopic (exact) mass is 799 g/mol. The van der Waals surface area contributed by atoms with Crippen LogP contribution >= 0.6 is 0 Å². The molecule has 0 saturated carbocycles. The molecule has 0 N–H and O–H groups in total. The minimum absolute atomic E-state index is 0.0860. The van der Waals surface area contributed by atoms with Crippen LogP contribution in [0.5, 0.6) is 0 Å². The van der Waals surface area contributed by atoms with Gasteiger partial charge in [0.15, 0.2) is 6.10 Å². The number of allylic oxidation sites excluding steroid dienone is 8. The third-order valence-corrected chi connectivity index (χ3v) is 10.4. The third-order valence-electron chi connectivity index (χ3n) is 10.4. The summed E-state index contributed by atoms with van der Waals surface area (Å²) in [7, 11) is 0. The molecule has 6 nitrogen and oxygen atoms in total. The Labute approximate surface area is 352 Å². The van der Waals surface area contributed by atoms with Gasteiger partial charge < -0.3 is 14.2 Å². The van der Waals surface area contributed by atoms with Crippen molar-refractivity contribution in [1.82, 2.24) is 0 Å². The molecule has 0 aromatic heterocycles. The number of hydrogen-bond acceptors (Lipinski definition) is 6. The van der Waals surface area contributed by atoms with Crippen LogP contribution in [0.3, 0.4) is 0 Å². The van der Waals surface area contributed by atoms with E-state index in [1.165, 1.54) is 128 Å². The Kier molecular flexibility index (Phi) is 43.9. The maximum atomic E-state index is 12.7. The average molecular weight is 799 g/mol. The van der Waals surface area contributed by atoms with Gasteiger partial charge in [0, 0.05) is 19.3 Å². The highest BCUT2D eigenvalue weighted by Crippen LogP contribution is 2.15. The summed E-state index contributed by atoms with van der Waals surface area (Å²) in [5, 5.41) is 0. The van der Waals surface area contributed by atoms with Crippen molar-refractivity contribution in [3.8, 4) is 0 Å². The fraction of sp³-hybridized carbons (Fsp3) is 0.784. The zero-order chi connectivity index (χ0) is 41.5. The molecule has 0 spiro atoms. The highest BCUT2D eigenvalue weighted by atomic mass is 16.6. The molecular weight excluding hydrogens is 709 g/mol. The zero-order valence-electron chi connectivity index (χ0n) is 37.6. The summed E-state index contributed by atoms with van der Waals surface area (Å²) < 4.78 is 16.7. The maximum Gasteiger partial charge on any atom is 0.306 e. The van der Waals surface area contributed by atoms with E-state index in [0.717, 1.165) is 70.6 Å². The van der Waals surface area contributed by atoms with Crippen molar-refractivity contribution in [3.05, 3.63) is 48.6 Å². The van der Waals surface area contributed by atoms with Crippen molar-refractivity contribution in [1.29, 1.82) is 0 Å². The molecule has 0 bridgehead atoms. The molecule has 330 valence electrons. The van der Waals surface area contributed by atoms with Gasteiger partial charge in [-0.15, -0.1) is 0 Å². The minimum Gasteiger partial charge on any atom is -0.462 e. The molecule has 0 fully saturated rings. The van der Waals surface area contributed by atoms with Gasteiger partial charge in [0.2, 0.25) is 0 Å². The summed E-state index contributed by atoms with van der Waals surface area (Å²) in [6.07, 6.45) is 53.8. The van der Waals surface area contributed by atoms with E-state index in [0.29, 0.717) is 12.8 Å². The molecular formula is C51H90O6. The number of esters is 3. The van der Waals surface area contributed by atoms with Crippen LogP contribution < -0.4 is 0 Å². The van der Waals surface area contributed by atoms with E-state index in [2.05, 4.69) is 32.9 Å². The lowest BCUT2D eigenvalue weighted by Gasteiger charge is -2.18. The molecule has 0 aromatic carbocycles. The Morgan fingerprint density at radius 3 is 1.07 bits per heavy atom. The average Bonchev–Trinajstić information content (AvgIpc) is 3.21. The molecule has 0 rings (SSSR count). The van der Waals surface area contributed by atoms with E-state index in [-0.39, 0.29) is 37.5 Å². The Hall–Kier alpha value is -2.63. The zero-order valence-corrected chi connectivity index (χ0v) is 37.6. The van der Waals surface area contributed by atoms with Gasteiger partial charge in [-0.25, -0.2) is 0 Å². The number of ether oxygens (including phenoxy) is 3. The second-order valence-corrected chi connectivity index (χ2v) is 16.1. The summed E-state index contributed by atoms with van der Waals surface area (Å²) in [5.41, 5.74) is 0. The third kappa shape index (κ3) is 44.3. The van der Waals surface area contributed by atoms with Gasteiger partial charge in [-0.3, -0.25) is 14.4 Å². The molecule has 0 aliphatic carbocycles. The quantitative estimate of drug-likeness (QED) is 0.0265. The maximum absolute atomic E-state index is 12.7. The van der Waals surface area contributed by atoms with Gasteiger partial charge >= 0.3 is 17.9 Å². The molecule has 1 unspecified atom stereocenters. The van der Waals surface area contributed by atoms with Gasteiger partial charge in [0.05, 0.1) is 0 Å². The highest BCUT2D eigenvalue weighted by molar-refractivity contribution is 5.71. The van der Waals surface area contributed by atoms with Crippen LogP contribution in [-0.4, -0.2) is 37.2 Å². The second kappa shape index (κ2) is 46.1. The number of unbranched alkanes of at least 4 members (excludes halogenated alkanes) is 27. The molecule has 6 heteroatoms. The first kappa shape index (κ1) is 54.4. The Morgan fingerprint density at radius 2 is 0.684 bits per heavy atom. The Balaban J connectivity index is 4.38. The minimum atomic E-state index is -0.787. The van der Waals surface area contributed by atoms with Gasteiger partial charge in [-0.05, 0) is 38.5 Å². The lowest BCUT2D eigenvalue weighted by Crippen LogP contribution is -2.30. The van der Waals surface area contributed by atoms with Crippen molar-refractivity contribution in [2.75, 3.05) is 13.2 Å². The first-order valence-electron chi connectivity index (χ1n) is 24.2. The van der Waals surface area contributed by atoms with Crippen LogP contribution in [0.25, 0.3) is 0 Å². The molecule has 1 atom stereocenters. The summed E-state index contributed by atoms with van der Waals surface area (Å²) in [6, 6.07) is 0. The number of carbonyl (C=O) groups is 3. The molecule has 0 amide bonds. The van der Waals surface area contributed by atoms with E-state index < -0.39 is 6.10 Å². The van der Waals surface area contributed by atoms with E-state index in [1.54, 1.807) is 0 Å². The predicted molar refractivity (Wildman–Crippen MR) is 242 cm³/mol. The topological polar surface area (TPSA) is 78.9 Å². The highest BCUT2D eigenvalue weighted by Gasteiger charge is 2.19. The largest absolute Gasteiger partial charge is 0.462 e. The Bertz CT molecular complexity index is 1010. The lowest BCUT2D eigenvalue weighted by molar-refractivity contribution is -0.167. The first-order chi connectivity index (χ1) is 28.0. The number of hydrogen-bond donors (Lipinski definition) is 0. The molecule has 0 saturated heterocycles. The molecule has 57 heavy (non-hydrogen) atoms. The fourth-order valence-electron chi connectivity index (χ4n) is 6.81. The van der Waals surface area contributed by atoms with E-state index in [1.807, 2.05) is 36.5 Å². The molecule has 0 heterocycles. The van der Waals surface area contributed by atoms with Crippen molar-refractivity contribution >= 4 is 17.9 Å². The summed E-state index contributed by atoms with van der Waals surface area (Å²) in [6.45, 7) is 6.46. The summed E-state index contributed by atoms with van der Waals surface area (Å²) >= 11 is 0. The van der Waals surface area contributed by atoms with E-state index in [9.17, 15) is 14.4 Å². The van der Waals surface area contributed by atoms with Crippen LogP contribution in [0.15, 0.2) is 48.6 Å². The van der Waals surface area contributed by atoms with Gasteiger partial charge in [0.1, 0.15) is 13.2 Å². The van der Waals surface area contributed by atoms with Crippen LogP contribution in [0, 0.1) is 0 Å². The molecule has 0 aliphatic rings. The Morgan fingerprint density at radius 1 is 0.368 bits per heavy atom. The van der Waals surface area contributed by atoms with Crippen molar-refractivity contribution in [2.24, 2.45) is 0 Å². The van der Waals surface area contributed by atoms with Crippen LogP contribution in [0.1, 0.15) is 239 Å². The van der Waals surface area contributed by atoms with Crippen LogP contribution in [0.2, 0.25) is 0 Å². The lowest BCUT2D eigenvalue weighted by atomic mass is 10.0. The van der Waals surface area contributed by atoms with E-state index in [4.69, 9.17) is 14.2 Å². The van der Waals surface area contributed by atoms with Gasteiger partial charge in [-0.1, -0.05) is 230 Å². The first-order valence-corrected chi connectivity index (χ1v) is 24.2. The standard InChI is InChI=1S/C51H90O6/c1-4-7-10-13-16-19-22-24-25-26-28-29-32-35-38-41-44-50(53)56-47-48(46-55-49(52)43-40-37-34-31-21-18-15-12-9-6-3)57-51(54)45-42-39-36-33-30-27-23-20-17-14-11-8-5-2/h8,11,14,17,20,23,27,30,48H,4-7,9-10,12-13,15-16,18-19,21-22,24-26,28-29,31-47H2,1-3H3/b11-8-,17-14-,23-20-,30-27-. The van der Waals surface area contributed by atoms with E-state index >= 15 is 0 Å². The van der Waals surface area contributed by atoms with Crippen molar-refractivity contribution < 1.29 is 28.6 Å². The summed E-state index contributed by atoms with van der Waals surface area (Å²) in [4.78, 5) is 37.8. The number of carbonyl (C=O) groups excluding carboxylic acids is 3. The number of rotatable bonds is 43. The van der Waals surface area contributed by atoms with Gasteiger partial charge in [0.25, 0.3) is 0 Å². The summed E-state index contributed by atoms with van der Waals surface area (Å²) in [5.74, 6) is -0.922. The molecule has 0 radical (unpaired) electrons. The smallest absolute Gasteiger partial charge is 0.306 e. The van der Waals surface area contributed by atoms with Crippen molar-refractivity contribution in [2.45, 2.75) is 245 Å². The normalized spacial score (nSPS) is 12.4. The van der Waals surface area contributed by atoms with Crippen LogP contribution in [0.4, 0.5) is 0 Å². The van der Waals surface area contributed by atoms with Crippen molar-refractivity contribution in [3.63, 3.8) is 0 Å². The second-order valence-electron chi connectivity index (χ2n) is 16.1. The van der Waals surface area contributed by atoms with Crippen LogP contribution in [-0.2, 0) is 28.6 Å². The molecule has 0 aliphatic heterocycles.